The fraction of sp³-hybridized carbons (Fsp3) is 1.00. The molecule has 4 nitrogen and oxygen atoms in total. The fourth-order valence-corrected chi connectivity index (χ4v) is 3.49. The molecule has 0 bridgehead atoms. The van der Waals surface area contributed by atoms with Gasteiger partial charge in [0.15, 0.2) is 0 Å². The number of rotatable bonds is 12. The second-order valence-corrected chi connectivity index (χ2v) is 6.26. The average molecular weight is 300 g/mol. The summed E-state index contributed by atoms with van der Waals surface area (Å²) in [4.78, 5) is 2.55. The molecule has 0 aromatic carbocycles. The maximum atomic E-state index is 5.55. The van der Waals surface area contributed by atoms with Gasteiger partial charge in [-0.1, -0.05) is 19.3 Å². The van der Waals surface area contributed by atoms with E-state index in [-0.39, 0.29) is 0 Å². The second kappa shape index (κ2) is 11.4. The number of nitrogens with zero attached hydrogens (tertiary/aromatic N) is 1. The van der Waals surface area contributed by atoms with E-state index in [1.165, 1.54) is 38.6 Å². The molecule has 0 saturated heterocycles. The van der Waals surface area contributed by atoms with E-state index in [0.717, 1.165) is 46.1 Å². The number of nitrogens with one attached hydrogen (secondary N) is 1. The predicted octanol–water partition coefficient (Wildman–Crippen LogP) is 2.53. The molecule has 0 heterocycles. The minimum Gasteiger partial charge on any atom is -0.380 e. The molecule has 1 rings (SSSR count). The van der Waals surface area contributed by atoms with Crippen LogP contribution in [-0.2, 0) is 9.47 Å². The van der Waals surface area contributed by atoms with Crippen molar-refractivity contribution in [2.45, 2.75) is 46.0 Å². The van der Waals surface area contributed by atoms with E-state index >= 15 is 0 Å². The zero-order valence-corrected chi connectivity index (χ0v) is 14.5. The van der Waals surface area contributed by atoms with Crippen LogP contribution >= 0.6 is 0 Å². The first-order valence-electron chi connectivity index (χ1n) is 8.79. The number of ether oxygens (including phenoxy) is 2. The molecule has 0 atom stereocenters. The first kappa shape index (κ1) is 18.9. The van der Waals surface area contributed by atoms with Crippen molar-refractivity contribution in [2.75, 3.05) is 59.7 Å². The third-order valence-corrected chi connectivity index (χ3v) is 4.54. The summed E-state index contributed by atoms with van der Waals surface area (Å²) in [6.07, 6.45) is 6.88. The van der Waals surface area contributed by atoms with Gasteiger partial charge in [-0.2, -0.15) is 0 Å². The lowest BCUT2D eigenvalue weighted by atomic mass is 9.73. The van der Waals surface area contributed by atoms with Crippen LogP contribution in [0.5, 0.6) is 0 Å². The van der Waals surface area contributed by atoms with Crippen LogP contribution in [0.25, 0.3) is 0 Å². The van der Waals surface area contributed by atoms with Gasteiger partial charge in [-0.25, -0.2) is 0 Å². The van der Waals surface area contributed by atoms with Gasteiger partial charge in [-0.3, -0.25) is 4.90 Å². The highest BCUT2D eigenvalue weighted by Gasteiger charge is 2.33. The van der Waals surface area contributed by atoms with Gasteiger partial charge >= 0.3 is 0 Å². The number of hydrogen-bond donors (Lipinski definition) is 1. The SMILES string of the molecule is CCOCCN(CCOCC)CC1(CNC)CCCCC1. The molecule has 0 spiro atoms. The van der Waals surface area contributed by atoms with E-state index in [0.29, 0.717) is 5.41 Å². The van der Waals surface area contributed by atoms with Crippen molar-refractivity contribution in [3.05, 3.63) is 0 Å². The van der Waals surface area contributed by atoms with E-state index in [9.17, 15) is 0 Å². The van der Waals surface area contributed by atoms with E-state index < -0.39 is 0 Å². The summed E-state index contributed by atoms with van der Waals surface area (Å²) in [5.41, 5.74) is 0.450. The summed E-state index contributed by atoms with van der Waals surface area (Å²) < 4.78 is 11.1. The molecule has 0 aromatic rings. The molecule has 21 heavy (non-hydrogen) atoms. The summed E-state index contributed by atoms with van der Waals surface area (Å²) >= 11 is 0. The zero-order chi connectivity index (χ0) is 15.4. The van der Waals surface area contributed by atoms with Gasteiger partial charge in [0.2, 0.25) is 0 Å². The summed E-state index contributed by atoms with van der Waals surface area (Å²) in [6, 6.07) is 0. The molecule has 1 aliphatic carbocycles. The summed E-state index contributed by atoms with van der Waals surface area (Å²) in [5, 5.41) is 3.43. The Balaban J connectivity index is 2.52. The van der Waals surface area contributed by atoms with Crippen LogP contribution in [-0.4, -0.2) is 64.6 Å². The van der Waals surface area contributed by atoms with Crippen LogP contribution in [0.2, 0.25) is 0 Å². The third-order valence-electron chi connectivity index (χ3n) is 4.54. The molecule has 0 radical (unpaired) electrons. The minimum absolute atomic E-state index is 0.450. The standard InChI is InChI=1S/C17H36N2O2/c1-4-20-13-11-19(12-14-21-5-2)16-17(15-18-3)9-7-6-8-10-17/h18H,4-16H2,1-3H3. The van der Waals surface area contributed by atoms with E-state index in [4.69, 9.17) is 9.47 Å². The Bertz CT molecular complexity index is 227. The molecule has 0 aromatic heterocycles. The lowest BCUT2D eigenvalue weighted by Gasteiger charge is -2.41. The van der Waals surface area contributed by atoms with Gasteiger partial charge in [-0.15, -0.1) is 0 Å². The van der Waals surface area contributed by atoms with E-state index in [2.05, 4.69) is 31.1 Å². The second-order valence-electron chi connectivity index (χ2n) is 6.26. The van der Waals surface area contributed by atoms with Crippen molar-refractivity contribution in [1.29, 1.82) is 0 Å². The molecular formula is C17H36N2O2. The van der Waals surface area contributed by atoms with Crippen molar-refractivity contribution in [1.82, 2.24) is 10.2 Å². The Morgan fingerprint density at radius 3 is 2.00 bits per heavy atom. The summed E-state index contributed by atoms with van der Waals surface area (Å²) in [6.45, 7) is 11.8. The van der Waals surface area contributed by atoms with Gasteiger partial charge in [0, 0.05) is 39.4 Å². The van der Waals surface area contributed by atoms with Crippen molar-refractivity contribution >= 4 is 0 Å². The predicted molar refractivity (Wildman–Crippen MR) is 88.9 cm³/mol. The van der Waals surface area contributed by atoms with Crippen LogP contribution in [0.1, 0.15) is 46.0 Å². The Morgan fingerprint density at radius 2 is 1.52 bits per heavy atom. The topological polar surface area (TPSA) is 33.7 Å². The van der Waals surface area contributed by atoms with Crippen molar-refractivity contribution < 1.29 is 9.47 Å². The van der Waals surface area contributed by atoms with E-state index in [1.54, 1.807) is 0 Å². The zero-order valence-electron chi connectivity index (χ0n) is 14.5. The highest BCUT2D eigenvalue weighted by molar-refractivity contribution is 4.87. The Hall–Kier alpha value is -0.160. The third kappa shape index (κ3) is 7.59. The normalized spacial score (nSPS) is 18.3. The highest BCUT2D eigenvalue weighted by Crippen LogP contribution is 2.36. The van der Waals surface area contributed by atoms with Crippen molar-refractivity contribution in [3.8, 4) is 0 Å². The van der Waals surface area contributed by atoms with Crippen molar-refractivity contribution in [2.24, 2.45) is 5.41 Å². The minimum atomic E-state index is 0.450. The van der Waals surface area contributed by atoms with Crippen LogP contribution < -0.4 is 5.32 Å². The fourth-order valence-electron chi connectivity index (χ4n) is 3.49. The van der Waals surface area contributed by atoms with Crippen LogP contribution in [0.15, 0.2) is 0 Å². The highest BCUT2D eigenvalue weighted by atomic mass is 16.5. The first-order valence-corrected chi connectivity index (χ1v) is 8.79. The molecule has 4 heteroatoms. The molecule has 0 unspecified atom stereocenters. The monoisotopic (exact) mass is 300 g/mol. The van der Waals surface area contributed by atoms with Crippen molar-refractivity contribution in [3.63, 3.8) is 0 Å². The lowest BCUT2D eigenvalue weighted by Crippen LogP contribution is -2.46. The molecule has 1 aliphatic rings. The molecule has 1 fully saturated rings. The van der Waals surface area contributed by atoms with Gasteiger partial charge in [0.05, 0.1) is 13.2 Å². The molecular weight excluding hydrogens is 264 g/mol. The maximum absolute atomic E-state index is 5.55. The largest absolute Gasteiger partial charge is 0.380 e. The quantitative estimate of drug-likeness (QED) is 0.562. The van der Waals surface area contributed by atoms with E-state index in [1.807, 2.05) is 0 Å². The van der Waals surface area contributed by atoms with Gasteiger partial charge in [0.25, 0.3) is 0 Å². The lowest BCUT2D eigenvalue weighted by molar-refractivity contribution is 0.0461. The Morgan fingerprint density at radius 1 is 0.952 bits per heavy atom. The van der Waals surface area contributed by atoms with Crippen LogP contribution in [0, 0.1) is 5.41 Å². The smallest absolute Gasteiger partial charge is 0.0593 e. The van der Waals surface area contributed by atoms with Crippen LogP contribution in [0.3, 0.4) is 0 Å². The number of hydrogen-bond acceptors (Lipinski definition) is 4. The molecule has 1 N–H and O–H groups in total. The van der Waals surface area contributed by atoms with Gasteiger partial charge < -0.3 is 14.8 Å². The Labute approximate surface area is 131 Å². The molecule has 0 amide bonds. The van der Waals surface area contributed by atoms with Gasteiger partial charge in [-0.05, 0) is 39.2 Å². The molecule has 0 aliphatic heterocycles. The maximum Gasteiger partial charge on any atom is 0.0593 e. The van der Waals surface area contributed by atoms with Crippen LogP contribution in [0.4, 0.5) is 0 Å². The summed E-state index contributed by atoms with van der Waals surface area (Å²) in [7, 11) is 2.08. The summed E-state index contributed by atoms with van der Waals surface area (Å²) in [5.74, 6) is 0. The molecule has 126 valence electrons. The average Bonchev–Trinajstić information content (AvgIpc) is 2.49. The Kier molecular flexibility index (Phi) is 10.3. The van der Waals surface area contributed by atoms with Gasteiger partial charge in [0.1, 0.15) is 0 Å². The molecule has 1 saturated carbocycles. The first-order chi connectivity index (χ1) is 10.3.